The molecule has 4 atom stereocenters. The predicted octanol–water partition coefficient (Wildman–Crippen LogP) is 2.25. The fraction of sp³-hybridized carbons (Fsp3) is 0.600. The van der Waals surface area contributed by atoms with Crippen LogP contribution in [-0.4, -0.2) is 79.3 Å². The molecule has 2 amide bonds. The van der Waals surface area contributed by atoms with Crippen LogP contribution in [0.5, 0.6) is 0 Å². The first-order valence-corrected chi connectivity index (χ1v) is 11.8. The Hall–Kier alpha value is -2.22. The molecule has 5 rings (SSSR count). The van der Waals surface area contributed by atoms with Gasteiger partial charge < -0.3 is 19.7 Å². The molecule has 1 spiro atoms. The van der Waals surface area contributed by atoms with Crippen LogP contribution in [0.15, 0.2) is 36.4 Å². The van der Waals surface area contributed by atoms with Crippen molar-refractivity contribution in [2.75, 3.05) is 51.3 Å². The quantitative estimate of drug-likeness (QED) is 0.660. The highest BCUT2D eigenvalue weighted by molar-refractivity contribution is 5.99. The van der Waals surface area contributed by atoms with E-state index in [-0.39, 0.29) is 17.9 Å². The maximum absolute atomic E-state index is 13.3. The molecule has 4 aliphatic rings. The van der Waals surface area contributed by atoms with Crippen LogP contribution in [0.1, 0.15) is 31.7 Å². The Balaban J connectivity index is 1.23. The smallest absolute Gasteiger partial charge is 0.231 e. The van der Waals surface area contributed by atoms with Crippen molar-refractivity contribution >= 4 is 17.5 Å². The zero-order valence-electron chi connectivity index (χ0n) is 19.0. The van der Waals surface area contributed by atoms with Crippen LogP contribution in [0.4, 0.5) is 5.69 Å². The molecule has 32 heavy (non-hydrogen) atoms. The van der Waals surface area contributed by atoms with Gasteiger partial charge in [-0.3, -0.25) is 14.5 Å². The summed E-state index contributed by atoms with van der Waals surface area (Å²) >= 11 is 0. The molecule has 7 nitrogen and oxygen atoms in total. The summed E-state index contributed by atoms with van der Waals surface area (Å²) in [6, 6.07) is 7.94. The molecule has 0 aliphatic carbocycles. The Kier molecular flexibility index (Phi) is 5.82. The molecule has 7 heteroatoms. The molecule has 4 aliphatic heterocycles. The zero-order valence-corrected chi connectivity index (χ0v) is 19.0. The van der Waals surface area contributed by atoms with Crippen molar-refractivity contribution in [2.24, 2.45) is 11.8 Å². The van der Waals surface area contributed by atoms with Gasteiger partial charge in [0.05, 0.1) is 37.7 Å². The van der Waals surface area contributed by atoms with Gasteiger partial charge in [-0.15, -0.1) is 0 Å². The van der Waals surface area contributed by atoms with Crippen LogP contribution in [0.2, 0.25) is 0 Å². The number of anilines is 1. The summed E-state index contributed by atoms with van der Waals surface area (Å²) in [5.41, 5.74) is 1.34. The second-order valence-electron chi connectivity index (χ2n) is 9.73. The van der Waals surface area contributed by atoms with E-state index in [0.717, 1.165) is 45.0 Å². The Morgan fingerprint density at radius 1 is 1.19 bits per heavy atom. The van der Waals surface area contributed by atoms with Crippen LogP contribution in [0, 0.1) is 11.8 Å². The number of ether oxygens (including phenoxy) is 2. The van der Waals surface area contributed by atoms with Crippen LogP contribution < -0.4 is 5.32 Å². The lowest BCUT2D eigenvalue weighted by Gasteiger charge is -2.27. The first kappa shape index (κ1) is 21.6. The van der Waals surface area contributed by atoms with Crippen molar-refractivity contribution in [2.45, 2.75) is 37.9 Å². The standard InChI is InChI=1S/C25H33N3O4/c1-17(2)18-4-6-19(7-5-18)26-23(29)21-20-8-9-25(32-20)16-28(24(30)22(21)25)11-3-10-27-12-14-31-15-13-27/h4-9,17,20-22H,3,10-16H2,1-2H3,(H,26,29)/t20-,21+,22-,25?/m0/s1. The summed E-state index contributed by atoms with van der Waals surface area (Å²) in [4.78, 5) is 30.8. The Morgan fingerprint density at radius 3 is 2.66 bits per heavy atom. The summed E-state index contributed by atoms with van der Waals surface area (Å²) in [6.07, 6.45) is 4.58. The molecule has 3 saturated heterocycles. The fourth-order valence-electron chi connectivity index (χ4n) is 5.55. The van der Waals surface area contributed by atoms with Crippen LogP contribution >= 0.6 is 0 Å². The Bertz CT molecular complexity index is 893. The SMILES string of the molecule is CC(C)c1ccc(NC(=O)[C@@H]2[C@@H]3C=CC4(CN(CCCN5CCOCC5)C(=O)[C@H]24)O3)cc1. The minimum absolute atomic E-state index is 0.0501. The molecule has 0 radical (unpaired) electrons. The number of hydrogen-bond acceptors (Lipinski definition) is 5. The third kappa shape index (κ3) is 3.87. The van der Waals surface area contributed by atoms with Crippen LogP contribution in [-0.2, 0) is 19.1 Å². The van der Waals surface area contributed by atoms with E-state index in [4.69, 9.17) is 9.47 Å². The van der Waals surface area contributed by atoms with Crippen molar-refractivity contribution in [3.05, 3.63) is 42.0 Å². The zero-order chi connectivity index (χ0) is 22.3. The molecule has 2 bridgehead atoms. The number of carbonyl (C=O) groups is 2. The Labute approximate surface area is 189 Å². The number of benzene rings is 1. The molecular weight excluding hydrogens is 406 g/mol. The number of fused-ring (bicyclic) bond motifs is 1. The summed E-state index contributed by atoms with van der Waals surface area (Å²) in [5, 5.41) is 3.02. The largest absolute Gasteiger partial charge is 0.379 e. The lowest BCUT2D eigenvalue weighted by molar-refractivity contribution is -0.135. The number of morpholine rings is 1. The summed E-state index contributed by atoms with van der Waals surface area (Å²) in [7, 11) is 0. The molecule has 172 valence electrons. The van der Waals surface area contributed by atoms with Crippen LogP contribution in [0.25, 0.3) is 0 Å². The van der Waals surface area contributed by atoms with E-state index in [1.165, 1.54) is 5.56 Å². The number of hydrogen-bond donors (Lipinski definition) is 1. The molecule has 3 fully saturated rings. The van der Waals surface area contributed by atoms with Crippen molar-refractivity contribution in [3.8, 4) is 0 Å². The van der Waals surface area contributed by atoms with Crippen molar-refractivity contribution in [1.29, 1.82) is 0 Å². The van der Waals surface area contributed by atoms with Crippen molar-refractivity contribution in [3.63, 3.8) is 0 Å². The van der Waals surface area contributed by atoms with E-state index in [1.54, 1.807) is 0 Å². The molecule has 1 aromatic carbocycles. The first-order valence-electron chi connectivity index (χ1n) is 11.8. The van der Waals surface area contributed by atoms with E-state index >= 15 is 0 Å². The number of rotatable bonds is 7. The maximum atomic E-state index is 13.3. The van der Waals surface area contributed by atoms with Gasteiger partial charge in [0.25, 0.3) is 0 Å². The fourth-order valence-corrected chi connectivity index (χ4v) is 5.55. The van der Waals surface area contributed by atoms with E-state index < -0.39 is 17.4 Å². The summed E-state index contributed by atoms with van der Waals surface area (Å²) < 4.78 is 11.6. The van der Waals surface area contributed by atoms with Gasteiger partial charge in [-0.1, -0.05) is 38.1 Å². The molecule has 0 saturated carbocycles. The molecule has 1 aromatic rings. The highest BCUT2D eigenvalue weighted by Gasteiger charge is 2.66. The molecule has 1 N–H and O–H groups in total. The third-order valence-corrected chi connectivity index (χ3v) is 7.33. The number of nitrogens with zero attached hydrogens (tertiary/aromatic N) is 2. The van der Waals surface area contributed by atoms with Gasteiger partial charge in [0.2, 0.25) is 11.8 Å². The number of likely N-dealkylation sites (tertiary alicyclic amines) is 1. The van der Waals surface area contributed by atoms with Gasteiger partial charge >= 0.3 is 0 Å². The van der Waals surface area contributed by atoms with Gasteiger partial charge in [0.15, 0.2) is 0 Å². The van der Waals surface area contributed by atoms with Crippen LogP contribution in [0.3, 0.4) is 0 Å². The summed E-state index contributed by atoms with van der Waals surface area (Å²) in [6.45, 7) is 9.95. The van der Waals surface area contributed by atoms with Gasteiger partial charge in [-0.25, -0.2) is 0 Å². The second kappa shape index (κ2) is 8.61. The second-order valence-corrected chi connectivity index (χ2v) is 9.73. The highest BCUT2D eigenvalue weighted by Crippen LogP contribution is 2.52. The van der Waals surface area contributed by atoms with E-state index in [9.17, 15) is 9.59 Å². The predicted molar refractivity (Wildman–Crippen MR) is 121 cm³/mol. The maximum Gasteiger partial charge on any atom is 0.231 e. The topological polar surface area (TPSA) is 71.1 Å². The average Bonchev–Trinajstić information content (AvgIpc) is 3.43. The molecule has 4 heterocycles. The normalized spacial score (nSPS) is 31.5. The number of carbonyl (C=O) groups excluding carboxylic acids is 2. The number of nitrogens with one attached hydrogen (secondary N) is 1. The van der Waals surface area contributed by atoms with E-state index in [2.05, 4.69) is 24.1 Å². The first-order chi connectivity index (χ1) is 15.5. The van der Waals surface area contributed by atoms with Gasteiger partial charge in [-0.05, 0) is 30.0 Å². The number of amides is 2. The Morgan fingerprint density at radius 2 is 1.94 bits per heavy atom. The molecule has 0 aromatic heterocycles. The van der Waals surface area contributed by atoms with Crippen molar-refractivity contribution in [1.82, 2.24) is 9.80 Å². The monoisotopic (exact) mass is 439 g/mol. The van der Waals surface area contributed by atoms with Crippen molar-refractivity contribution < 1.29 is 19.1 Å². The lowest BCUT2D eigenvalue weighted by atomic mass is 9.76. The van der Waals surface area contributed by atoms with E-state index in [1.807, 2.05) is 41.3 Å². The van der Waals surface area contributed by atoms with Gasteiger partial charge in [-0.2, -0.15) is 0 Å². The molecular formula is C25H33N3O4. The third-order valence-electron chi connectivity index (χ3n) is 7.33. The lowest BCUT2D eigenvalue weighted by Crippen LogP contribution is -2.41. The van der Waals surface area contributed by atoms with Gasteiger partial charge in [0.1, 0.15) is 5.60 Å². The molecule has 1 unspecified atom stereocenters. The average molecular weight is 440 g/mol. The minimum Gasteiger partial charge on any atom is -0.379 e. The van der Waals surface area contributed by atoms with E-state index in [0.29, 0.717) is 19.0 Å². The summed E-state index contributed by atoms with van der Waals surface area (Å²) in [5.74, 6) is -0.562. The van der Waals surface area contributed by atoms with Gasteiger partial charge in [0, 0.05) is 31.9 Å². The highest BCUT2D eigenvalue weighted by atomic mass is 16.5. The minimum atomic E-state index is -0.649.